The van der Waals surface area contributed by atoms with Gasteiger partial charge in [-0.05, 0) is 36.8 Å². The van der Waals surface area contributed by atoms with Crippen molar-refractivity contribution in [2.75, 3.05) is 0 Å². The first kappa shape index (κ1) is 21.0. The fourth-order valence-electron chi connectivity index (χ4n) is 0.344. The van der Waals surface area contributed by atoms with Crippen molar-refractivity contribution < 1.29 is 47.4 Å². The first-order valence-electron chi connectivity index (χ1n) is 3.88. The average Bonchev–Trinajstić information content (AvgIpc) is 1.79. The average molecular weight is 310 g/mol. The van der Waals surface area contributed by atoms with Crippen LogP contribution in [-0.2, 0) is 37.7 Å². The van der Waals surface area contributed by atoms with E-state index in [9.17, 15) is 18.9 Å². The minimum absolute atomic E-state index is 0. The Bertz CT molecular complexity index is 166. The third-order valence-electron chi connectivity index (χ3n) is 0.594. The van der Waals surface area contributed by atoms with Crippen LogP contribution in [0, 0.1) is 0 Å². The molecular formula is C6H14O6P2Zn+2. The molecule has 2 unspecified atom stereocenters. The van der Waals surface area contributed by atoms with Gasteiger partial charge in [0, 0.05) is 0 Å². The summed E-state index contributed by atoms with van der Waals surface area (Å²) >= 11 is 0. The number of rotatable bonds is 4. The molecular weight excluding hydrogens is 295 g/mol. The Hall–Kier alpha value is 0.663. The molecule has 0 aliphatic heterocycles. The van der Waals surface area contributed by atoms with Gasteiger partial charge < -0.3 is 9.79 Å². The summed E-state index contributed by atoms with van der Waals surface area (Å²) in [5.74, 6) is 0. The van der Waals surface area contributed by atoms with Crippen LogP contribution in [0.5, 0.6) is 0 Å². The molecule has 0 spiro atoms. The maximum absolute atomic E-state index is 9.62. The summed E-state index contributed by atoms with van der Waals surface area (Å²) in [7, 11) is -5.28. The van der Waals surface area contributed by atoms with E-state index in [1.54, 1.807) is 27.7 Å². The Labute approximate surface area is 104 Å². The normalized spacial score (nSPS) is 11.5. The number of hydrogen-bond acceptors (Lipinski definition) is 6. The van der Waals surface area contributed by atoms with Crippen molar-refractivity contribution in [2.45, 2.75) is 39.9 Å². The van der Waals surface area contributed by atoms with Crippen molar-refractivity contribution in [3.63, 3.8) is 0 Å². The summed E-state index contributed by atoms with van der Waals surface area (Å²) in [4.78, 5) is 19.2. The Morgan fingerprint density at radius 2 is 1.07 bits per heavy atom. The molecule has 9 heteroatoms. The summed E-state index contributed by atoms with van der Waals surface area (Å²) in [5.41, 5.74) is 0. The van der Waals surface area contributed by atoms with Crippen LogP contribution in [0.1, 0.15) is 27.7 Å². The van der Waals surface area contributed by atoms with Gasteiger partial charge in [-0.1, -0.05) is 0 Å². The van der Waals surface area contributed by atoms with Crippen LogP contribution in [0.15, 0.2) is 0 Å². The molecule has 6 nitrogen and oxygen atoms in total. The molecule has 15 heavy (non-hydrogen) atoms. The van der Waals surface area contributed by atoms with Crippen LogP contribution in [-0.4, -0.2) is 12.2 Å². The topological polar surface area (TPSA) is 98.7 Å². The predicted molar refractivity (Wildman–Crippen MR) is 47.7 cm³/mol. The Morgan fingerprint density at radius 1 is 0.867 bits per heavy atom. The van der Waals surface area contributed by atoms with Gasteiger partial charge >= 0.3 is 36.0 Å². The van der Waals surface area contributed by atoms with Gasteiger partial charge in [0.1, 0.15) is 12.2 Å². The SMILES string of the molecule is CC(C)O[P+](=O)[O-].CC(C)O[P+](=O)[O-].[Zn+2]. The largest absolute Gasteiger partial charge is 2.00 e. The monoisotopic (exact) mass is 308 g/mol. The molecule has 0 aliphatic rings. The van der Waals surface area contributed by atoms with Gasteiger partial charge in [-0.3, -0.25) is 0 Å². The van der Waals surface area contributed by atoms with Crippen LogP contribution in [0.2, 0.25) is 0 Å². The zero-order valence-electron chi connectivity index (χ0n) is 9.21. The van der Waals surface area contributed by atoms with E-state index >= 15 is 0 Å². The van der Waals surface area contributed by atoms with E-state index in [2.05, 4.69) is 9.05 Å². The molecule has 0 aromatic rings. The predicted octanol–water partition coefficient (Wildman–Crippen LogP) is 0.856. The quantitative estimate of drug-likeness (QED) is 0.564. The van der Waals surface area contributed by atoms with E-state index in [1.165, 1.54) is 0 Å². The van der Waals surface area contributed by atoms with Crippen LogP contribution in [0.3, 0.4) is 0 Å². The molecule has 0 aromatic carbocycles. The van der Waals surface area contributed by atoms with Crippen LogP contribution in [0.25, 0.3) is 0 Å². The van der Waals surface area contributed by atoms with Crippen molar-refractivity contribution in [2.24, 2.45) is 0 Å². The summed E-state index contributed by atoms with van der Waals surface area (Å²) in [5, 5.41) is 0. The van der Waals surface area contributed by atoms with Crippen molar-refractivity contribution in [1.29, 1.82) is 0 Å². The Balaban J connectivity index is -0.000000180. The molecule has 0 amide bonds. The zero-order valence-corrected chi connectivity index (χ0v) is 14.0. The van der Waals surface area contributed by atoms with Crippen LogP contribution >= 0.6 is 16.5 Å². The molecule has 0 fully saturated rings. The van der Waals surface area contributed by atoms with Gasteiger partial charge in [0.25, 0.3) is 0 Å². The van der Waals surface area contributed by atoms with Gasteiger partial charge in [0.15, 0.2) is 0 Å². The van der Waals surface area contributed by atoms with E-state index in [0.717, 1.165) is 0 Å². The van der Waals surface area contributed by atoms with E-state index < -0.39 is 16.5 Å². The van der Waals surface area contributed by atoms with E-state index in [1.807, 2.05) is 0 Å². The molecule has 84 valence electrons. The Morgan fingerprint density at radius 3 is 1.07 bits per heavy atom. The van der Waals surface area contributed by atoms with E-state index in [-0.39, 0.29) is 31.7 Å². The standard InChI is InChI=1S/2C3H7O3P.Zn/c2*1-3(2)6-7(4)5;/h2*3H,1-2H3;/q;;+2. The van der Waals surface area contributed by atoms with Crippen molar-refractivity contribution >= 4 is 16.5 Å². The molecule has 0 bridgehead atoms. The van der Waals surface area contributed by atoms with Gasteiger partial charge in [0.05, 0.1) is 0 Å². The summed E-state index contributed by atoms with van der Waals surface area (Å²) in [6.45, 7) is 6.63. The number of hydrogen-bond donors (Lipinski definition) is 0. The van der Waals surface area contributed by atoms with Gasteiger partial charge in [-0.2, -0.15) is 0 Å². The molecule has 0 saturated heterocycles. The molecule has 0 aliphatic carbocycles. The summed E-state index contributed by atoms with van der Waals surface area (Å²) in [6.07, 6.45) is -0.442. The maximum atomic E-state index is 9.62. The summed E-state index contributed by atoms with van der Waals surface area (Å²) in [6, 6.07) is 0. The molecule has 2 atom stereocenters. The molecule has 0 heterocycles. The zero-order chi connectivity index (χ0) is 11.7. The van der Waals surface area contributed by atoms with E-state index in [0.29, 0.717) is 0 Å². The fraction of sp³-hybridized carbons (Fsp3) is 1.00. The van der Waals surface area contributed by atoms with Crippen molar-refractivity contribution in [3.8, 4) is 0 Å². The Kier molecular flexibility index (Phi) is 17.8. The van der Waals surface area contributed by atoms with E-state index in [4.69, 9.17) is 0 Å². The molecule has 0 saturated carbocycles. The van der Waals surface area contributed by atoms with Gasteiger partial charge in [0.2, 0.25) is 0 Å². The molecule has 0 N–H and O–H groups in total. The van der Waals surface area contributed by atoms with Crippen molar-refractivity contribution in [3.05, 3.63) is 0 Å². The van der Waals surface area contributed by atoms with Crippen LogP contribution < -0.4 is 9.79 Å². The van der Waals surface area contributed by atoms with Crippen molar-refractivity contribution in [1.82, 2.24) is 0 Å². The van der Waals surface area contributed by atoms with Gasteiger partial charge in [-0.15, -0.1) is 9.05 Å². The minimum atomic E-state index is -2.64. The second kappa shape index (κ2) is 12.7. The molecule has 0 aromatic heterocycles. The second-order valence-corrected chi connectivity index (χ2v) is 4.07. The van der Waals surface area contributed by atoms with Crippen LogP contribution in [0.4, 0.5) is 0 Å². The third kappa shape index (κ3) is 31.3. The maximum Gasteiger partial charge on any atom is 2.00 e. The first-order chi connectivity index (χ1) is 6.25. The summed E-state index contributed by atoms with van der Waals surface area (Å²) < 4.78 is 27.7. The fourth-order valence-corrected chi connectivity index (χ4v) is 1.03. The second-order valence-electron chi connectivity index (χ2n) is 2.76. The molecule has 0 rings (SSSR count). The van der Waals surface area contributed by atoms with Gasteiger partial charge in [-0.25, -0.2) is 0 Å². The minimum Gasteiger partial charge on any atom is -0.566 e. The smallest absolute Gasteiger partial charge is 0.566 e. The molecule has 0 radical (unpaired) electrons. The first-order valence-corrected chi connectivity index (χ1v) is 6.07. The third-order valence-corrected chi connectivity index (χ3v) is 1.78.